The second-order valence-electron chi connectivity index (χ2n) is 6.81. The minimum absolute atomic E-state index is 0.0703. The molecule has 1 fully saturated rings. The Morgan fingerprint density at radius 2 is 1.59 bits per heavy atom. The second-order valence-corrected chi connectivity index (χ2v) is 7.25. The maximum atomic E-state index is 12.6. The number of benzene rings is 3. The number of hydrogen-bond acceptors (Lipinski definition) is 3. The third kappa shape index (κ3) is 4.58. The number of para-hydroxylation sites is 1. The lowest BCUT2D eigenvalue weighted by Gasteiger charge is -2.17. The summed E-state index contributed by atoms with van der Waals surface area (Å²) in [5.41, 5.74) is 1.41. The summed E-state index contributed by atoms with van der Waals surface area (Å²) >= 11 is 5.90. The fourth-order valence-corrected chi connectivity index (χ4v) is 3.36. The number of ether oxygens (including phenoxy) is 1. The van der Waals surface area contributed by atoms with Gasteiger partial charge in [-0.1, -0.05) is 29.8 Å². The smallest absolute Gasteiger partial charge is 0.229 e. The van der Waals surface area contributed by atoms with E-state index < -0.39 is 5.92 Å². The molecule has 0 aromatic heterocycles. The van der Waals surface area contributed by atoms with Crippen molar-refractivity contribution in [2.45, 2.75) is 6.42 Å². The molecule has 4 rings (SSSR count). The highest BCUT2D eigenvalue weighted by molar-refractivity contribution is 6.30. The van der Waals surface area contributed by atoms with E-state index in [1.165, 1.54) is 0 Å². The lowest BCUT2D eigenvalue weighted by Crippen LogP contribution is -2.28. The molecule has 1 aliphatic rings. The maximum Gasteiger partial charge on any atom is 0.229 e. The molecule has 1 aliphatic heterocycles. The molecule has 1 atom stereocenters. The third-order valence-electron chi connectivity index (χ3n) is 4.73. The molecule has 29 heavy (non-hydrogen) atoms. The minimum atomic E-state index is -0.404. The van der Waals surface area contributed by atoms with Crippen LogP contribution in [0.4, 0.5) is 11.4 Å². The standard InChI is InChI=1S/C23H19ClN2O3/c24-17-6-10-19(11-7-17)26-15-16(14-22(26)27)23(28)25-18-8-12-21(13-9-18)29-20-4-2-1-3-5-20/h1-13,16H,14-15H2,(H,25,28)/t16-/m1/s1. The first-order valence-corrected chi connectivity index (χ1v) is 9.66. The molecule has 0 unspecified atom stereocenters. The molecular weight excluding hydrogens is 388 g/mol. The number of rotatable bonds is 5. The number of nitrogens with zero attached hydrogens (tertiary/aromatic N) is 1. The van der Waals surface area contributed by atoms with Crippen LogP contribution in [0.25, 0.3) is 0 Å². The van der Waals surface area contributed by atoms with Crippen LogP contribution in [0.2, 0.25) is 5.02 Å². The summed E-state index contributed by atoms with van der Waals surface area (Å²) < 4.78 is 5.75. The first-order chi connectivity index (χ1) is 14.1. The molecule has 0 aliphatic carbocycles. The van der Waals surface area contributed by atoms with Gasteiger partial charge in [0.05, 0.1) is 5.92 Å². The number of hydrogen-bond donors (Lipinski definition) is 1. The lowest BCUT2D eigenvalue weighted by atomic mass is 10.1. The molecular formula is C23H19ClN2O3. The van der Waals surface area contributed by atoms with Crippen LogP contribution in [-0.2, 0) is 9.59 Å². The normalized spacial score (nSPS) is 16.0. The molecule has 0 spiro atoms. The molecule has 1 saturated heterocycles. The topological polar surface area (TPSA) is 58.6 Å². The number of amides is 2. The van der Waals surface area contributed by atoms with Gasteiger partial charge in [0.1, 0.15) is 11.5 Å². The van der Waals surface area contributed by atoms with E-state index in [1.54, 1.807) is 53.4 Å². The van der Waals surface area contributed by atoms with E-state index in [-0.39, 0.29) is 18.2 Å². The Kier molecular flexibility index (Phi) is 5.49. The van der Waals surface area contributed by atoms with Gasteiger partial charge in [0.2, 0.25) is 11.8 Å². The fourth-order valence-electron chi connectivity index (χ4n) is 3.23. The van der Waals surface area contributed by atoms with Gasteiger partial charge in [-0.05, 0) is 60.7 Å². The van der Waals surface area contributed by atoms with Gasteiger partial charge in [-0.25, -0.2) is 0 Å². The Labute approximate surface area is 173 Å². The zero-order valence-electron chi connectivity index (χ0n) is 15.5. The van der Waals surface area contributed by atoms with Crippen molar-refractivity contribution in [2.75, 3.05) is 16.8 Å². The van der Waals surface area contributed by atoms with E-state index in [9.17, 15) is 9.59 Å². The van der Waals surface area contributed by atoms with Crippen LogP contribution < -0.4 is 15.0 Å². The van der Waals surface area contributed by atoms with Gasteiger partial charge in [0, 0.05) is 29.4 Å². The number of halogens is 1. The molecule has 5 nitrogen and oxygen atoms in total. The van der Waals surface area contributed by atoms with Gasteiger partial charge >= 0.3 is 0 Å². The van der Waals surface area contributed by atoms with Crippen LogP contribution in [0.3, 0.4) is 0 Å². The third-order valence-corrected chi connectivity index (χ3v) is 4.99. The van der Waals surface area contributed by atoms with Crippen molar-refractivity contribution in [2.24, 2.45) is 5.92 Å². The van der Waals surface area contributed by atoms with E-state index >= 15 is 0 Å². The van der Waals surface area contributed by atoms with Crippen molar-refractivity contribution in [1.29, 1.82) is 0 Å². The Morgan fingerprint density at radius 3 is 2.28 bits per heavy atom. The average molecular weight is 407 g/mol. The quantitative estimate of drug-likeness (QED) is 0.639. The molecule has 3 aromatic carbocycles. The highest BCUT2D eigenvalue weighted by Gasteiger charge is 2.35. The Hall–Kier alpha value is -3.31. The molecule has 0 bridgehead atoms. The first kappa shape index (κ1) is 19.0. The monoisotopic (exact) mass is 406 g/mol. The minimum Gasteiger partial charge on any atom is -0.457 e. The summed E-state index contributed by atoms with van der Waals surface area (Å²) in [6.45, 7) is 0.349. The molecule has 146 valence electrons. The SMILES string of the molecule is O=C(Nc1ccc(Oc2ccccc2)cc1)[C@@H]1CC(=O)N(c2ccc(Cl)cc2)C1. The number of nitrogens with one attached hydrogen (secondary N) is 1. The summed E-state index contributed by atoms with van der Waals surface area (Å²) in [7, 11) is 0. The van der Waals surface area contributed by atoms with Crippen LogP contribution in [-0.4, -0.2) is 18.4 Å². The zero-order chi connectivity index (χ0) is 20.2. The van der Waals surface area contributed by atoms with Crippen molar-refractivity contribution >= 4 is 34.8 Å². The summed E-state index contributed by atoms with van der Waals surface area (Å²) in [5, 5.41) is 3.49. The van der Waals surface area contributed by atoms with E-state index in [1.807, 2.05) is 30.3 Å². The number of carbonyl (C=O) groups excluding carboxylic acids is 2. The summed E-state index contributed by atoms with van der Waals surface area (Å²) in [5.74, 6) is 0.777. The molecule has 3 aromatic rings. The summed E-state index contributed by atoms with van der Waals surface area (Å²) in [4.78, 5) is 26.6. The highest BCUT2D eigenvalue weighted by Crippen LogP contribution is 2.28. The fraction of sp³-hybridized carbons (Fsp3) is 0.130. The molecule has 2 amide bonds. The number of carbonyl (C=O) groups is 2. The van der Waals surface area contributed by atoms with E-state index in [2.05, 4.69) is 5.32 Å². The van der Waals surface area contributed by atoms with E-state index in [0.717, 1.165) is 11.4 Å². The molecule has 0 saturated carbocycles. The van der Waals surface area contributed by atoms with Crippen molar-refractivity contribution in [1.82, 2.24) is 0 Å². The van der Waals surface area contributed by atoms with Crippen LogP contribution in [0, 0.1) is 5.92 Å². The van der Waals surface area contributed by atoms with E-state index in [0.29, 0.717) is 23.0 Å². The molecule has 6 heteroatoms. The zero-order valence-corrected chi connectivity index (χ0v) is 16.3. The van der Waals surface area contributed by atoms with Gasteiger partial charge < -0.3 is 15.0 Å². The lowest BCUT2D eigenvalue weighted by molar-refractivity contribution is -0.122. The van der Waals surface area contributed by atoms with Crippen LogP contribution >= 0.6 is 11.6 Å². The maximum absolute atomic E-state index is 12.6. The van der Waals surface area contributed by atoms with Crippen LogP contribution in [0.15, 0.2) is 78.9 Å². The van der Waals surface area contributed by atoms with Crippen molar-refractivity contribution < 1.29 is 14.3 Å². The van der Waals surface area contributed by atoms with Crippen molar-refractivity contribution in [3.8, 4) is 11.5 Å². The number of anilines is 2. The van der Waals surface area contributed by atoms with Crippen LogP contribution in [0.1, 0.15) is 6.42 Å². The predicted octanol–water partition coefficient (Wildman–Crippen LogP) is 5.12. The average Bonchev–Trinajstić information content (AvgIpc) is 3.13. The second kappa shape index (κ2) is 8.37. The van der Waals surface area contributed by atoms with Gasteiger partial charge in [0.15, 0.2) is 0 Å². The van der Waals surface area contributed by atoms with Crippen molar-refractivity contribution in [3.05, 3.63) is 83.9 Å². The van der Waals surface area contributed by atoms with Gasteiger partial charge in [-0.15, -0.1) is 0 Å². The summed E-state index contributed by atoms with van der Waals surface area (Å²) in [6, 6.07) is 23.7. The van der Waals surface area contributed by atoms with Gasteiger partial charge in [-0.2, -0.15) is 0 Å². The molecule has 1 N–H and O–H groups in total. The largest absolute Gasteiger partial charge is 0.457 e. The van der Waals surface area contributed by atoms with Gasteiger partial charge in [-0.3, -0.25) is 9.59 Å². The molecule has 0 radical (unpaired) electrons. The molecule has 1 heterocycles. The van der Waals surface area contributed by atoms with E-state index in [4.69, 9.17) is 16.3 Å². The van der Waals surface area contributed by atoms with Crippen LogP contribution in [0.5, 0.6) is 11.5 Å². The Morgan fingerprint density at radius 1 is 0.931 bits per heavy atom. The first-order valence-electron chi connectivity index (χ1n) is 9.28. The highest BCUT2D eigenvalue weighted by atomic mass is 35.5. The summed E-state index contributed by atoms with van der Waals surface area (Å²) in [6.07, 6.45) is 0.184. The Balaban J connectivity index is 1.37. The van der Waals surface area contributed by atoms with Crippen molar-refractivity contribution in [3.63, 3.8) is 0 Å². The Bertz CT molecular complexity index is 1000. The van der Waals surface area contributed by atoms with Gasteiger partial charge in [0.25, 0.3) is 0 Å². The predicted molar refractivity (Wildman–Crippen MR) is 113 cm³/mol.